The maximum absolute atomic E-state index is 12.3. The zero-order valence-corrected chi connectivity index (χ0v) is 8.23. The molecule has 16 heavy (non-hydrogen) atoms. The highest BCUT2D eigenvalue weighted by molar-refractivity contribution is 5.54. The molecule has 1 aromatic heterocycles. The first-order valence-corrected chi connectivity index (χ1v) is 4.62. The minimum absolute atomic E-state index is 0.0358. The second kappa shape index (κ2) is 4.36. The average Bonchev–Trinajstić information content (AvgIpc) is 2.77. The Morgan fingerprint density at radius 3 is 2.44 bits per heavy atom. The first-order chi connectivity index (χ1) is 7.70. The van der Waals surface area contributed by atoms with Gasteiger partial charge in [-0.1, -0.05) is 29.4 Å². The molecule has 1 heterocycles. The van der Waals surface area contributed by atoms with Crippen LogP contribution < -0.4 is 5.73 Å². The lowest BCUT2D eigenvalue weighted by Gasteiger charge is -1.99. The number of hydrogen-bond acceptors (Lipinski definition) is 4. The first-order valence-electron chi connectivity index (χ1n) is 4.62. The minimum atomic E-state index is -2.47. The van der Waals surface area contributed by atoms with Crippen LogP contribution in [-0.4, -0.2) is 10.1 Å². The van der Waals surface area contributed by atoms with E-state index in [-0.39, 0.29) is 12.1 Å². The lowest BCUT2D eigenvalue weighted by atomic mass is 10.1. The molecule has 84 valence electrons. The van der Waals surface area contributed by atoms with Gasteiger partial charge in [-0.15, -0.1) is 0 Å². The van der Waals surface area contributed by atoms with E-state index in [0.29, 0.717) is 17.3 Å². The number of hydrogen-bond donors (Lipinski definition) is 1. The number of halogens is 2. The highest BCUT2D eigenvalue weighted by atomic mass is 19.3. The molecule has 0 unspecified atom stereocenters. The Hall–Kier alpha value is -1.82. The summed E-state index contributed by atoms with van der Waals surface area (Å²) in [5, 5.41) is 3.68. The van der Waals surface area contributed by atoms with E-state index in [1.165, 1.54) is 24.3 Å². The molecule has 2 aromatic rings. The van der Waals surface area contributed by atoms with Crippen molar-refractivity contribution >= 4 is 0 Å². The molecule has 0 saturated carbocycles. The Morgan fingerprint density at radius 2 is 1.94 bits per heavy atom. The van der Waals surface area contributed by atoms with Gasteiger partial charge in [0.2, 0.25) is 11.7 Å². The average molecular weight is 225 g/mol. The van der Waals surface area contributed by atoms with Crippen LogP contribution in [0.2, 0.25) is 0 Å². The topological polar surface area (TPSA) is 64.9 Å². The molecule has 0 saturated heterocycles. The summed E-state index contributed by atoms with van der Waals surface area (Å²) < 4.78 is 29.4. The molecule has 0 atom stereocenters. The first kappa shape index (κ1) is 10.7. The van der Waals surface area contributed by atoms with Crippen molar-refractivity contribution in [1.82, 2.24) is 10.1 Å². The molecule has 0 aliphatic heterocycles. The maximum Gasteiger partial charge on any atom is 0.263 e. The normalized spacial score (nSPS) is 11.0. The van der Waals surface area contributed by atoms with E-state index in [0.717, 1.165) is 0 Å². The molecule has 0 aliphatic rings. The molecule has 2 rings (SSSR count). The van der Waals surface area contributed by atoms with Gasteiger partial charge in [-0.05, 0) is 0 Å². The van der Waals surface area contributed by atoms with Crippen LogP contribution >= 0.6 is 0 Å². The van der Waals surface area contributed by atoms with Crippen LogP contribution in [0.5, 0.6) is 0 Å². The lowest BCUT2D eigenvalue weighted by molar-refractivity contribution is 0.151. The van der Waals surface area contributed by atoms with Crippen molar-refractivity contribution in [1.29, 1.82) is 0 Å². The number of benzene rings is 1. The third-order valence-electron chi connectivity index (χ3n) is 2.06. The molecule has 0 amide bonds. The number of alkyl halides is 2. The highest BCUT2D eigenvalue weighted by Crippen LogP contribution is 2.22. The van der Waals surface area contributed by atoms with Gasteiger partial charge in [0.1, 0.15) is 0 Å². The maximum atomic E-state index is 12.3. The van der Waals surface area contributed by atoms with Gasteiger partial charge >= 0.3 is 0 Å². The van der Waals surface area contributed by atoms with Gasteiger partial charge in [0.25, 0.3) is 6.43 Å². The summed E-state index contributed by atoms with van der Waals surface area (Å²) >= 11 is 0. The molecule has 0 aliphatic carbocycles. The summed E-state index contributed by atoms with van der Waals surface area (Å²) in [7, 11) is 0. The fraction of sp³-hybridized carbons (Fsp3) is 0.200. The standard InChI is InChI=1S/C10H9F2N3O/c11-9(12)6-1-3-7(4-2-6)10-14-8(5-13)16-15-10/h1-4,9H,5,13H2. The second-order valence-corrected chi connectivity index (χ2v) is 3.14. The van der Waals surface area contributed by atoms with Gasteiger partial charge in [0, 0.05) is 11.1 Å². The predicted octanol–water partition coefficient (Wildman–Crippen LogP) is 2.13. The van der Waals surface area contributed by atoms with E-state index >= 15 is 0 Å². The number of nitrogens with zero attached hydrogens (tertiary/aromatic N) is 2. The summed E-state index contributed by atoms with van der Waals surface area (Å²) in [6.45, 7) is 0.155. The van der Waals surface area contributed by atoms with E-state index in [2.05, 4.69) is 10.1 Å². The Kier molecular flexibility index (Phi) is 2.91. The highest BCUT2D eigenvalue weighted by Gasteiger charge is 2.10. The van der Waals surface area contributed by atoms with Crippen molar-refractivity contribution in [2.24, 2.45) is 5.73 Å². The van der Waals surface area contributed by atoms with Crippen molar-refractivity contribution < 1.29 is 13.3 Å². The molecule has 0 spiro atoms. The van der Waals surface area contributed by atoms with Crippen LogP contribution in [0.25, 0.3) is 11.4 Å². The van der Waals surface area contributed by atoms with Crippen molar-refractivity contribution in [3.05, 3.63) is 35.7 Å². The summed E-state index contributed by atoms with van der Waals surface area (Å²) in [5.41, 5.74) is 5.89. The van der Waals surface area contributed by atoms with E-state index < -0.39 is 6.43 Å². The van der Waals surface area contributed by atoms with Gasteiger partial charge < -0.3 is 10.3 Å². The third kappa shape index (κ3) is 2.06. The molecule has 1 aromatic carbocycles. The van der Waals surface area contributed by atoms with E-state index in [4.69, 9.17) is 10.3 Å². The van der Waals surface area contributed by atoms with Crippen LogP contribution in [-0.2, 0) is 6.54 Å². The Morgan fingerprint density at radius 1 is 1.25 bits per heavy atom. The number of rotatable bonds is 3. The molecule has 2 N–H and O–H groups in total. The fourth-order valence-electron chi connectivity index (χ4n) is 1.23. The third-order valence-corrected chi connectivity index (χ3v) is 2.06. The van der Waals surface area contributed by atoms with Crippen molar-refractivity contribution in [3.63, 3.8) is 0 Å². The zero-order chi connectivity index (χ0) is 11.5. The monoisotopic (exact) mass is 225 g/mol. The second-order valence-electron chi connectivity index (χ2n) is 3.14. The van der Waals surface area contributed by atoms with Crippen LogP contribution in [0, 0.1) is 0 Å². The Bertz CT molecular complexity index is 467. The molecular weight excluding hydrogens is 216 g/mol. The van der Waals surface area contributed by atoms with Crippen molar-refractivity contribution in [3.8, 4) is 11.4 Å². The summed E-state index contributed by atoms with van der Waals surface area (Å²) in [6, 6.07) is 5.70. The van der Waals surface area contributed by atoms with Gasteiger partial charge in [-0.3, -0.25) is 0 Å². The molecule has 4 nitrogen and oxygen atoms in total. The summed E-state index contributed by atoms with van der Waals surface area (Å²) in [5.74, 6) is 0.661. The SMILES string of the molecule is NCc1nc(-c2ccc(C(F)F)cc2)no1. The smallest absolute Gasteiger partial charge is 0.263 e. The van der Waals surface area contributed by atoms with Crippen molar-refractivity contribution in [2.45, 2.75) is 13.0 Å². The molecular formula is C10H9F2N3O. The summed E-state index contributed by atoms with van der Waals surface area (Å²) in [4.78, 5) is 3.98. The zero-order valence-electron chi connectivity index (χ0n) is 8.23. The van der Waals surface area contributed by atoms with Gasteiger partial charge in [-0.25, -0.2) is 8.78 Å². The number of aromatic nitrogens is 2. The quantitative estimate of drug-likeness (QED) is 0.869. The van der Waals surface area contributed by atoms with Gasteiger partial charge in [0.15, 0.2) is 0 Å². The number of nitrogens with two attached hydrogens (primary N) is 1. The van der Waals surface area contributed by atoms with Crippen molar-refractivity contribution in [2.75, 3.05) is 0 Å². The molecule has 6 heteroatoms. The molecule has 0 radical (unpaired) electrons. The fourth-order valence-corrected chi connectivity index (χ4v) is 1.23. The van der Waals surface area contributed by atoms with Crippen LogP contribution in [0.4, 0.5) is 8.78 Å². The lowest BCUT2D eigenvalue weighted by Crippen LogP contribution is -1.95. The van der Waals surface area contributed by atoms with Gasteiger partial charge in [0.05, 0.1) is 6.54 Å². The van der Waals surface area contributed by atoms with Crippen LogP contribution in [0.15, 0.2) is 28.8 Å². The van der Waals surface area contributed by atoms with Crippen LogP contribution in [0.1, 0.15) is 17.9 Å². The van der Waals surface area contributed by atoms with E-state index in [1.807, 2.05) is 0 Å². The van der Waals surface area contributed by atoms with E-state index in [1.54, 1.807) is 0 Å². The largest absolute Gasteiger partial charge is 0.338 e. The predicted molar refractivity (Wildman–Crippen MR) is 52.6 cm³/mol. The minimum Gasteiger partial charge on any atom is -0.338 e. The Labute approximate surface area is 90.1 Å². The molecule has 0 bridgehead atoms. The Balaban J connectivity index is 2.27. The van der Waals surface area contributed by atoms with Crippen LogP contribution in [0.3, 0.4) is 0 Å². The van der Waals surface area contributed by atoms with E-state index in [9.17, 15) is 8.78 Å². The summed E-state index contributed by atoms with van der Waals surface area (Å²) in [6.07, 6.45) is -2.47. The molecule has 0 fully saturated rings. The van der Waals surface area contributed by atoms with Gasteiger partial charge in [-0.2, -0.15) is 4.98 Å².